The van der Waals surface area contributed by atoms with Gasteiger partial charge in [-0.2, -0.15) is 10.2 Å². The van der Waals surface area contributed by atoms with Crippen molar-refractivity contribution in [3.8, 4) is 0 Å². The number of nitrogens with one attached hydrogen (secondary N) is 1. The van der Waals surface area contributed by atoms with Gasteiger partial charge in [0, 0.05) is 22.9 Å². The Morgan fingerprint density at radius 3 is 2.44 bits per heavy atom. The second-order valence-corrected chi connectivity index (χ2v) is 7.65. The summed E-state index contributed by atoms with van der Waals surface area (Å²) in [5.41, 5.74) is -0.471. The minimum absolute atomic E-state index is 0.0720. The number of nitrogens with zero attached hydrogens (tertiary/aromatic N) is 5. The Kier molecular flexibility index (Phi) is 6.31. The van der Waals surface area contributed by atoms with Crippen molar-refractivity contribution in [1.29, 1.82) is 0 Å². The Morgan fingerprint density at radius 2 is 1.76 bits per heavy atom. The van der Waals surface area contributed by atoms with Gasteiger partial charge >= 0.3 is 0 Å². The molecule has 7 nitrogen and oxygen atoms in total. The molecule has 0 radical (unpaired) electrons. The lowest BCUT2D eigenvalue weighted by atomic mass is 10.1. The van der Waals surface area contributed by atoms with Crippen molar-refractivity contribution in [1.82, 2.24) is 24.5 Å². The summed E-state index contributed by atoms with van der Waals surface area (Å²) in [5, 5.41) is 10.8. The minimum Gasteiger partial charge on any atom is -0.308 e. The lowest BCUT2D eigenvalue weighted by molar-refractivity contribution is -0.116. The van der Waals surface area contributed by atoms with Gasteiger partial charge in [-0.05, 0) is 26.0 Å². The second kappa shape index (κ2) is 9.20. The fourth-order valence-electron chi connectivity index (χ4n) is 3.64. The van der Waals surface area contributed by atoms with Crippen LogP contribution in [0.15, 0.2) is 36.4 Å². The predicted molar refractivity (Wildman–Crippen MR) is 113 cm³/mol. The zero-order valence-electron chi connectivity index (χ0n) is 18.1. The maximum Gasteiger partial charge on any atom is 0.280 e. The van der Waals surface area contributed by atoms with Gasteiger partial charge in [-0.3, -0.25) is 9.48 Å². The van der Waals surface area contributed by atoms with Gasteiger partial charge in [0.25, 0.3) is 12.9 Å². The molecule has 0 saturated heterocycles. The standard InChI is InChI=1S/C22H19F5N6O/c1-11-7-17(31-32(11)9-13-5-3-4-6-15(13)23)29-18(34)10-33-22-19(12(2)30-33)14(20(24)25)8-16(28-22)21(26)27/h3-8,20-21H,9-10H2,1-2H3,(H,29,31,34). The van der Waals surface area contributed by atoms with E-state index in [-0.39, 0.29) is 34.9 Å². The van der Waals surface area contributed by atoms with Crippen molar-refractivity contribution in [3.05, 3.63) is 70.4 Å². The molecule has 1 aromatic carbocycles. The van der Waals surface area contributed by atoms with Crippen molar-refractivity contribution in [2.45, 2.75) is 39.8 Å². The second-order valence-electron chi connectivity index (χ2n) is 7.65. The van der Waals surface area contributed by atoms with Crippen LogP contribution in [0.25, 0.3) is 11.0 Å². The molecule has 3 heterocycles. The number of aryl methyl sites for hydroxylation is 2. The molecule has 4 rings (SSSR count). The normalized spacial score (nSPS) is 11.7. The lowest BCUT2D eigenvalue weighted by Crippen LogP contribution is -2.20. The quantitative estimate of drug-likeness (QED) is 0.382. The zero-order chi connectivity index (χ0) is 24.6. The van der Waals surface area contributed by atoms with Crippen LogP contribution in [0.4, 0.5) is 27.8 Å². The molecule has 0 bridgehead atoms. The van der Waals surface area contributed by atoms with Crippen molar-refractivity contribution in [2.24, 2.45) is 0 Å². The molecule has 178 valence electrons. The number of fused-ring (bicyclic) bond motifs is 1. The fraction of sp³-hybridized carbons (Fsp3) is 0.273. The van der Waals surface area contributed by atoms with Gasteiger partial charge in [-0.1, -0.05) is 18.2 Å². The first-order valence-corrected chi connectivity index (χ1v) is 10.2. The molecule has 4 aromatic rings. The van der Waals surface area contributed by atoms with Crippen LogP contribution >= 0.6 is 0 Å². The first-order valence-electron chi connectivity index (χ1n) is 10.2. The number of carbonyl (C=O) groups is 1. The van der Waals surface area contributed by atoms with Gasteiger partial charge in [0.15, 0.2) is 11.5 Å². The van der Waals surface area contributed by atoms with Crippen LogP contribution in [0.1, 0.15) is 41.1 Å². The number of carbonyl (C=O) groups excluding carboxylic acids is 1. The van der Waals surface area contributed by atoms with Crippen LogP contribution in [-0.4, -0.2) is 30.5 Å². The largest absolute Gasteiger partial charge is 0.308 e. The number of anilines is 1. The molecule has 34 heavy (non-hydrogen) atoms. The van der Waals surface area contributed by atoms with Gasteiger partial charge in [0.2, 0.25) is 5.91 Å². The molecule has 0 aliphatic rings. The van der Waals surface area contributed by atoms with E-state index in [0.29, 0.717) is 17.3 Å². The molecule has 0 unspecified atom stereocenters. The van der Waals surface area contributed by atoms with Crippen LogP contribution in [0.5, 0.6) is 0 Å². The van der Waals surface area contributed by atoms with E-state index in [1.165, 1.54) is 17.7 Å². The molecule has 0 aliphatic carbocycles. The Hall–Kier alpha value is -3.83. The Labute approximate surface area is 190 Å². The number of hydrogen-bond acceptors (Lipinski definition) is 4. The molecule has 0 saturated carbocycles. The third-order valence-corrected chi connectivity index (χ3v) is 5.21. The third-order valence-electron chi connectivity index (χ3n) is 5.21. The van der Waals surface area contributed by atoms with E-state index in [9.17, 15) is 26.7 Å². The smallest absolute Gasteiger partial charge is 0.280 e. The number of aromatic nitrogens is 5. The van der Waals surface area contributed by atoms with Crippen LogP contribution in [-0.2, 0) is 17.9 Å². The highest BCUT2D eigenvalue weighted by Gasteiger charge is 2.24. The summed E-state index contributed by atoms with van der Waals surface area (Å²) in [5.74, 6) is -0.827. The highest BCUT2D eigenvalue weighted by atomic mass is 19.3. The maximum absolute atomic E-state index is 13.9. The molecule has 3 aromatic heterocycles. The summed E-state index contributed by atoms with van der Waals surface area (Å²) in [6.45, 7) is 2.84. The van der Waals surface area contributed by atoms with Crippen LogP contribution in [0.3, 0.4) is 0 Å². The first kappa shape index (κ1) is 23.3. The van der Waals surface area contributed by atoms with Gasteiger partial charge < -0.3 is 5.32 Å². The molecule has 12 heteroatoms. The van der Waals surface area contributed by atoms with E-state index in [0.717, 1.165) is 4.68 Å². The molecule has 0 spiro atoms. The van der Waals surface area contributed by atoms with Gasteiger partial charge in [-0.25, -0.2) is 31.6 Å². The van der Waals surface area contributed by atoms with Gasteiger partial charge in [-0.15, -0.1) is 0 Å². The van der Waals surface area contributed by atoms with Crippen LogP contribution < -0.4 is 5.32 Å². The highest BCUT2D eigenvalue weighted by Crippen LogP contribution is 2.32. The van der Waals surface area contributed by atoms with Crippen molar-refractivity contribution in [2.75, 3.05) is 5.32 Å². The Bertz CT molecular complexity index is 1360. The number of hydrogen-bond donors (Lipinski definition) is 1. The van der Waals surface area contributed by atoms with Crippen LogP contribution in [0, 0.1) is 19.7 Å². The van der Waals surface area contributed by atoms with E-state index in [2.05, 4.69) is 20.5 Å². The van der Waals surface area contributed by atoms with E-state index in [1.54, 1.807) is 31.2 Å². The third kappa shape index (κ3) is 4.61. The number of amides is 1. The summed E-state index contributed by atoms with van der Waals surface area (Å²) in [6, 6.07) is 8.46. The number of alkyl halides is 4. The molecule has 0 atom stereocenters. The van der Waals surface area contributed by atoms with E-state index < -0.39 is 36.6 Å². The Balaban J connectivity index is 1.57. The van der Waals surface area contributed by atoms with Gasteiger partial charge in [0.1, 0.15) is 18.1 Å². The molecular formula is C22H19F5N6O. The topological polar surface area (TPSA) is 77.6 Å². The summed E-state index contributed by atoms with van der Waals surface area (Å²) >= 11 is 0. The summed E-state index contributed by atoms with van der Waals surface area (Å²) < 4.78 is 69.8. The molecule has 1 amide bonds. The van der Waals surface area contributed by atoms with Gasteiger partial charge in [0.05, 0.1) is 17.6 Å². The van der Waals surface area contributed by atoms with Crippen molar-refractivity contribution in [3.63, 3.8) is 0 Å². The summed E-state index contributed by atoms with van der Waals surface area (Å²) in [6.07, 6.45) is -6.09. The van der Waals surface area contributed by atoms with Crippen molar-refractivity contribution >= 4 is 22.8 Å². The van der Waals surface area contributed by atoms with E-state index in [4.69, 9.17) is 0 Å². The molecule has 0 fully saturated rings. The molecule has 0 aliphatic heterocycles. The monoisotopic (exact) mass is 478 g/mol. The maximum atomic E-state index is 13.9. The average Bonchev–Trinajstić information content (AvgIpc) is 3.27. The number of halogens is 5. The summed E-state index contributed by atoms with van der Waals surface area (Å²) in [4.78, 5) is 16.4. The summed E-state index contributed by atoms with van der Waals surface area (Å²) in [7, 11) is 0. The van der Waals surface area contributed by atoms with Crippen molar-refractivity contribution < 1.29 is 26.7 Å². The minimum atomic E-state index is -3.07. The molecule has 1 N–H and O–H groups in total. The van der Waals surface area contributed by atoms with E-state index >= 15 is 0 Å². The van der Waals surface area contributed by atoms with Crippen LogP contribution in [0.2, 0.25) is 0 Å². The SMILES string of the molecule is Cc1nn(CC(=O)Nc2cc(C)n(Cc3ccccc3F)n2)c2nc(C(F)F)cc(C(F)F)c12. The highest BCUT2D eigenvalue weighted by molar-refractivity contribution is 5.91. The Morgan fingerprint density at radius 1 is 1.03 bits per heavy atom. The fourth-order valence-corrected chi connectivity index (χ4v) is 3.64. The lowest BCUT2D eigenvalue weighted by Gasteiger charge is -2.08. The average molecular weight is 478 g/mol. The predicted octanol–water partition coefficient (Wildman–Crippen LogP) is 4.95. The first-order chi connectivity index (χ1) is 16.1. The zero-order valence-corrected chi connectivity index (χ0v) is 18.1. The van der Waals surface area contributed by atoms with E-state index in [1.807, 2.05) is 0 Å². The number of benzene rings is 1. The molecular weight excluding hydrogens is 459 g/mol. The number of pyridine rings is 1. The number of rotatable bonds is 7.